The molecular weight excluding hydrogens is 572 g/mol. The van der Waals surface area contributed by atoms with Gasteiger partial charge < -0.3 is 9.11 Å². The third-order valence-electron chi connectivity index (χ3n) is 7.40. The summed E-state index contributed by atoms with van der Waals surface area (Å²) in [6.07, 6.45) is 30.1. The summed E-state index contributed by atoms with van der Waals surface area (Å²) in [6.45, 7) is 10.3. The molecule has 4 N–H and O–H groups in total. The summed E-state index contributed by atoms with van der Waals surface area (Å²) in [5.74, 6) is 0. The Morgan fingerprint density at radius 3 is 0.744 bits per heavy atom. The molecule has 43 heavy (non-hydrogen) atoms. The first-order valence-electron chi connectivity index (χ1n) is 17.6. The third kappa shape index (κ3) is 51.5. The van der Waals surface area contributed by atoms with E-state index in [0.717, 1.165) is 38.5 Å². The Balaban J connectivity index is -0.000000642. The number of hydroxylamine groups is 8. The number of rotatable bonds is 28. The van der Waals surface area contributed by atoms with Crippen LogP contribution in [-0.4, -0.2) is 74.2 Å². The van der Waals surface area contributed by atoms with Crippen molar-refractivity contribution in [2.45, 2.75) is 182 Å². The standard InChI is InChI=1S/2C16H36NO2.H2O4S/c2*1-3-5-6-7-8-9-10-11-12-13-14-16-17(18,19)15-4-2;1-5(2,3)4/h2*18-19H,3-16H2,1-2H3;(H2,1,2,3,4)/q2*+1;/p-2. The highest BCUT2D eigenvalue weighted by Gasteiger charge is 2.20. The summed E-state index contributed by atoms with van der Waals surface area (Å²) in [5, 5.41) is 38.2. The van der Waals surface area contributed by atoms with Crippen molar-refractivity contribution < 1.29 is 48.0 Å². The minimum atomic E-state index is -5.17. The molecule has 11 heteroatoms. The quantitative estimate of drug-likeness (QED) is 0.0215. The first-order chi connectivity index (χ1) is 20.2. The van der Waals surface area contributed by atoms with Crippen LogP contribution in [0.2, 0.25) is 0 Å². The van der Waals surface area contributed by atoms with Crippen LogP contribution in [0.15, 0.2) is 0 Å². The second kappa shape index (κ2) is 33.0. The molecule has 0 aromatic carbocycles. The van der Waals surface area contributed by atoms with Gasteiger partial charge in [-0.05, 0) is 35.3 Å². The molecule has 0 aliphatic carbocycles. The molecule has 0 aliphatic heterocycles. The molecule has 0 rings (SSSR count). The molecule has 0 bridgehead atoms. The van der Waals surface area contributed by atoms with E-state index in [1.807, 2.05) is 13.8 Å². The van der Waals surface area contributed by atoms with E-state index in [2.05, 4.69) is 13.8 Å². The van der Waals surface area contributed by atoms with Crippen molar-refractivity contribution in [1.29, 1.82) is 0 Å². The Kier molecular flexibility index (Phi) is 36.1. The van der Waals surface area contributed by atoms with E-state index in [0.29, 0.717) is 26.2 Å². The van der Waals surface area contributed by atoms with Crippen LogP contribution in [0.3, 0.4) is 0 Å². The lowest BCUT2D eigenvalue weighted by molar-refractivity contribution is -1.24. The second-order valence-electron chi connectivity index (χ2n) is 12.1. The van der Waals surface area contributed by atoms with Gasteiger partial charge in [0.25, 0.3) is 0 Å². The Morgan fingerprint density at radius 1 is 0.372 bits per heavy atom. The zero-order valence-corrected chi connectivity index (χ0v) is 29.3. The molecule has 264 valence electrons. The maximum atomic E-state index is 9.55. The van der Waals surface area contributed by atoms with Crippen LogP contribution < -0.4 is 0 Å². The minimum absolute atomic E-state index is 0.442. The molecule has 0 atom stereocenters. The summed E-state index contributed by atoms with van der Waals surface area (Å²) in [6, 6.07) is 0. The average Bonchev–Trinajstić information content (AvgIpc) is 2.89. The van der Waals surface area contributed by atoms with E-state index < -0.39 is 20.0 Å². The van der Waals surface area contributed by atoms with E-state index in [-0.39, 0.29) is 0 Å². The van der Waals surface area contributed by atoms with Crippen LogP contribution in [0.5, 0.6) is 0 Å². The smallest absolute Gasteiger partial charge is 0.142 e. The molecule has 0 fully saturated rings. The highest BCUT2D eigenvalue weighted by atomic mass is 32.3. The Morgan fingerprint density at radius 2 is 0.558 bits per heavy atom. The molecule has 0 amide bonds. The molecule has 0 aliphatic rings. The molecule has 0 radical (unpaired) electrons. The largest absolute Gasteiger partial charge is 0.759 e. The Bertz CT molecular complexity index is 601. The lowest BCUT2D eigenvalue weighted by Gasteiger charge is -2.20. The van der Waals surface area contributed by atoms with Gasteiger partial charge in [-0.25, -0.2) is 0 Å². The number of hydrogen-bond acceptors (Lipinski definition) is 8. The summed E-state index contributed by atoms with van der Waals surface area (Å²) < 4.78 is 34.1. The molecule has 0 spiro atoms. The lowest BCUT2D eigenvalue weighted by atomic mass is 10.1. The summed E-state index contributed by atoms with van der Waals surface area (Å²) in [5.41, 5.74) is 0. The molecule has 0 heterocycles. The molecule has 0 saturated heterocycles. The van der Waals surface area contributed by atoms with E-state index in [9.17, 15) is 20.8 Å². The van der Waals surface area contributed by atoms with Gasteiger partial charge in [0.1, 0.15) is 26.2 Å². The van der Waals surface area contributed by atoms with Gasteiger partial charge in [0.2, 0.25) is 0 Å². The van der Waals surface area contributed by atoms with Crippen molar-refractivity contribution >= 4 is 10.4 Å². The maximum absolute atomic E-state index is 9.55. The molecule has 0 unspecified atom stereocenters. The molecular formula is C32H72N2O8S. The zero-order valence-electron chi connectivity index (χ0n) is 28.5. The van der Waals surface area contributed by atoms with Crippen molar-refractivity contribution in [3.05, 3.63) is 0 Å². The third-order valence-corrected chi connectivity index (χ3v) is 7.40. The highest BCUT2D eigenvalue weighted by molar-refractivity contribution is 7.79. The van der Waals surface area contributed by atoms with Crippen LogP contribution in [0, 0.1) is 0 Å². The van der Waals surface area contributed by atoms with E-state index in [1.165, 1.54) is 116 Å². The predicted octanol–water partition coefficient (Wildman–Crippen LogP) is 9.27. The molecule has 0 aromatic heterocycles. The summed E-state index contributed by atoms with van der Waals surface area (Å²) in [7, 11) is -5.17. The second-order valence-corrected chi connectivity index (χ2v) is 12.9. The highest BCUT2D eigenvalue weighted by Crippen LogP contribution is 2.13. The predicted molar refractivity (Wildman–Crippen MR) is 171 cm³/mol. The summed E-state index contributed by atoms with van der Waals surface area (Å²) in [4.78, 5) is -1.57. The van der Waals surface area contributed by atoms with Gasteiger partial charge in [0.15, 0.2) is 0 Å². The van der Waals surface area contributed by atoms with Crippen molar-refractivity contribution in [2.24, 2.45) is 0 Å². The topological polar surface area (TPSA) is 161 Å². The van der Waals surface area contributed by atoms with Crippen molar-refractivity contribution in [2.75, 3.05) is 26.2 Å². The number of hydrogen-bond donors (Lipinski definition) is 4. The fraction of sp³-hybridized carbons (Fsp3) is 1.00. The van der Waals surface area contributed by atoms with E-state index in [4.69, 9.17) is 17.5 Å². The Hall–Kier alpha value is -0.370. The molecule has 0 aromatic rings. The van der Waals surface area contributed by atoms with Crippen LogP contribution in [0.25, 0.3) is 0 Å². The van der Waals surface area contributed by atoms with Crippen molar-refractivity contribution in [1.82, 2.24) is 0 Å². The maximum Gasteiger partial charge on any atom is 0.142 e. The van der Waals surface area contributed by atoms with Gasteiger partial charge in [-0.2, -0.15) is 20.8 Å². The lowest BCUT2D eigenvalue weighted by Crippen LogP contribution is -2.42. The fourth-order valence-electron chi connectivity index (χ4n) is 5.00. The minimum Gasteiger partial charge on any atom is -0.759 e. The normalized spacial score (nSPS) is 12.0. The molecule has 10 nitrogen and oxygen atoms in total. The number of nitrogens with zero attached hydrogens (tertiary/aromatic N) is 2. The average molecular weight is 645 g/mol. The Labute approximate surface area is 266 Å². The van der Waals surface area contributed by atoms with E-state index in [1.54, 1.807) is 0 Å². The summed E-state index contributed by atoms with van der Waals surface area (Å²) >= 11 is 0. The van der Waals surface area contributed by atoms with Crippen LogP contribution >= 0.6 is 0 Å². The van der Waals surface area contributed by atoms with Crippen LogP contribution in [-0.2, 0) is 10.4 Å². The monoisotopic (exact) mass is 645 g/mol. The van der Waals surface area contributed by atoms with Crippen molar-refractivity contribution in [3.8, 4) is 0 Å². The number of unbranched alkanes of at least 4 members (excludes halogenated alkanes) is 20. The van der Waals surface area contributed by atoms with Crippen LogP contribution in [0.4, 0.5) is 0 Å². The SMILES string of the molecule is CCCCCCCCCCCCC[N+](O)(O)CCC.CCCCCCCCCCCCC[N+](O)(O)CCC.O=S(=O)([O-])[O-]. The van der Waals surface area contributed by atoms with Gasteiger partial charge in [-0.3, -0.25) is 8.42 Å². The zero-order chi connectivity index (χ0) is 33.3. The first-order valence-corrected chi connectivity index (χ1v) is 18.9. The van der Waals surface area contributed by atoms with Crippen molar-refractivity contribution in [3.63, 3.8) is 0 Å². The van der Waals surface area contributed by atoms with Gasteiger partial charge >= 0.3 is 0 Å². The van der Waals surface area contributed by atoms with Gasteiger partial charge in [0, 0.05) is 23.2 Å². The van der Waals surface area contributed by atoms with Gasteiger partial charge in [0.05, 0.1) is 0 Å². The number of quaternary nitrogens is 2. The first kappa shape index (κ1) is 47.0. The van der Waals surface area contributed by atoms with Gasteiger partial charge in [-0.1, -0.05) is 143 Å². The van der Waals surface area contributed by atoms with Gasteiger partial charge in [-0.15, -0.1) is 0 Å². The molecule has 0 saturated carbocycles. The fourth-order valence-corrected chi connectivity index (χ4v) is 5.00. The van der Waals surface area contributed by atoms with E-state index >= 15 is 0 Å². The van der Waals surface area contributed by atoms with Crippen LogP contribution in [0.1, 0.15) is 182 Å².